The molecule has 164 valence electrons. The summed E-state index contributed by atoms with van der Waals surface area (Å²) in [4.78, 5) is 22.9. The van der Waals surface area contributed by atoms with Crippen molar-refractivity contribution in [3.05, 3.63) is 59.9 Å². The average molecular weight is 433 g/mol. The standard InChI is InChI=1S/C24H24FN5O2/c1-23(14-30-16-28-20-4-3-17(11-26)9-21(20)30)6-2-7-24(13-23)15-29(22(31)32-24)12-19-10-18(25)5-8-27-19/h3-5,8-10,16H,2,6-7,12-15H2,1H3. The molecule has 2 atom stereocenters. The number of fused-ring (bicyclic) bond motifs is 1. The minimum absolute atomic E-state index is 0.0953. The first-order valence-electron chi connectivity index (χ1n) is 10.8. The van der Waals surface area contributed by atoms with Crippen LogP contribution in [0.2, 0.25) is 0 Å². The molecule has 1 amide bonds. The van der Waals surface area contributed by atoms with Crippen LogP contribution in [0.3, 0.4) is 0 Å². The lowest BCUT2D eigenvalue weighted by atomic mass is 9.68. The molecule has 0 bridgehead atoms. The largest absolute Gasteiger partial charge is 0.441 e. The molecule has 2 unspecified atom stereocenters. The number of halogens is 1. The summed E-state index contributed by atoms with van der Waals surface area (Å²) in [6, 6.07) is 10.3. The molecule has 3 heterocycles. The van der Waals surface area contributed by atoms with Crippen LogP contribution in [-0.2, 0) is 17.8 Å². The summed E-state index contributed by atoms with van der Waals surface area (Å²) in [6.45, 7) is 3.66. The van der Waals surface area contributed by atoms with E-state index in [-0.39, 0.29) is 23.9 Å². The molecule has 0 N–H and O–H groups in total. The van der Waals surface area contributed by atoms with Crippen LogP contribution in [0.25, 0.3) is 11.0 Å². The third-order valence-corrected chi connectivity index (χ3v) is 6.64. The Labute approximate surface area is 185 Å². The first kappa shape index (κ1) is 20.4. The summed E-state index contributed by atoms with van der Waals surface area (Å²) in [6.07, 6.45) is 6.36. The van der Waals surface area contributed by atoms with Crippen molar-refractivity contribution in [3.8, 4) is 6.07 Å². The molecule has 1 aliphatic heterocycles. The number of aromatic nitrogens is 3. The molecule has 1 aromatic carbocycles. The molecular formula is C24H24FN5O2. The van der Waals surface area contributed by atoms with Gasteiger partial charge in [-0.1, -0.05) is 6.92 Å². The van der Waals surface area contributed by atoms with Gasteiger partial charge in [-0.3, -0.25) is 9.88 Å². The summed E-state index contributed by atoms with van der Waals surface area (Å²) in [5.74, 6) is -0.366. The summed E-state index contributed by atoms with van der Waals surface area (Å²) in [5, 5.41) is 9.25. The van der Waals surface area contributed by atoms with Crippen molar-refractivity contribution in [2.24, 2.45) is 5.41 Å². The van der Waals surface area contributed by atoms with Gasteiger partial charge in [-0.15, -0.1) is 0 Å². The van der Waals surface area contributed by atoms with E-state index < -0.39 is 5.60 Å². The van der Waals surface area contributed by atoms with Gasteiger partial charge in [0.05, 0.1) is 47.8 Å². The molecule has 2 fully saturated rings. The molecule has 1 saturated heterocycles. The molecule has 5 rings (SSSR count). The molecule has 3 aromatic rings. The van der Waals surface area contributed by atoms with Crippen molar-refractivity contribution >= 4 is 17.1 Å². The van der Waals surface area contributed by atoms with Gasteiger partial charge in [0.1, 0.15) is 11.4 Å². The molecule has 1 spiro atoms. The van der Waals surface area contributed by atoms with Gasteiger partial charge in [0, 0.05) is 12.7 Å². The number of pyridine rings is 1. The number of carbonyl (C=O) groups excluding carboxylic acids is 1. The Kier molecular flexibility index (Phi) is 4.85. The number of rotatable bonds is 4. The fourth-order valence-electron chi connectivity index (χ4n) is 5.36. The smallest absolute Gasteiger partial charge is 0.410 e. The highest BCUT2D eigenvalue weighted by molar-refractivity contribution is 5.77. The molecule has 1 aliphatic carbocycles. The Morgan fingerprint density at radius 1 is 1.25 bits per heavy atom. The van der Waals surface area contributed by atoms with Crippen molar-refractivity contribution in [2.45, 2.75) is 51.3 Å². The van der Waals surface area contributed by atoms with Gasteiger partial charge in [0.25, 0.3) is 0 Å². The van der Waals surface area contributed by atoms with E-state index in [0.29, 0.717) is 17.8 Å². The Morgan fingerprint density at radius 2 is 2.12 bits per heavy atom. The summed E-state index contributed by atoms with van der Waals surface area (Å²) in [7, 11) is 0. The quantitative estimate of drug-likeness (QED) is 0.608. The van der Waals surface area contributed by atoms with Crippen LogP contribution in [0.15, 0.2) is 42.9 Å². The second-order valence-corrected chi connectivity index (χ2v) is 9.40. The summed E-state index contributed by atoms with van der Waals surface area (Å²) >= 11 is 0. The van der Waals surface area contributed by atoms with E-state index in [0.717, 1.165) is 43.3 Å². The molecule has 32 heavy (non-hydrogen) atoms. The zero-order valence-electron chi connectivity index (χ0n) is 17.9. The van der Waals surface area contributed by atoms with Crippen LogP contribution in [0.4, 0.5) is 9.18 Å². The Hall–Kier alpha value is -3.47. The van der Waals surface area contributed by atoms with Gasteiger partial charge in [-0.25, -0.2) is 14.2 Å². The average Bonchev–Trinajstić information content (AvgIpc) is 3.27. The fraction of sp³-hybridized carbons (Fsp3) is 0.417. The highest BCUT2D eigenvalue weighted by atomic mass is 19.1. The van der Waals surface area contributed by atoms with Gasteiger partial charge in [-0.2, -0.15) is 5.26 Å². The van der Waals surface area contributed by atoms with Crippen LogP contribution in [0, 0.1) is 22.6 Å². The van der Waals surface area contributed by atoms with Crippen LogP contribution >= 0.6 is 0 Å². The second-order valence-electron chi connectivity index (χ2n) is 9.40. The number of carbonyl (C=O) groups is 1. The lowest BCUT2D eigenvalue weighted by Gasteiger charge is -2.43. The highest BCUT2D eigenvalue weighted by Crippen LogP contribution is 2.47. The first-order chi connectivity index (χ1) is 15.4. The molecule has 8 heteroatoms. The van der Waals surface area contributed by atoms with E-state index in [1.54, 1.807) is 11.0 Å². The SMILES string of the molecule is CC1(Cn2cnc3ccc(C#N)cc32)CCCC2(CN(Cc3cc(F)ccn3)C(=O)O2)C1. The lowest BCUT2D eigenvalue weighted by molar-refractivity contribution is -0.0270. The monoisotopic (exact) mass is 433 g/mol. The molecule has 0 radical (unpaired) electrons. The maximum Gasteiger partial charge on any atom is 0.410 e. The van der Waals surface area contributed by atoms with Gasteiger partial charge in [0.15, 0.2) is 0 Å². The predicted molar refractivity (Wildman–Crippen MR) is 115 cm³/mol. The minimum atomic E-state index is -0.550. The lowest BCUT2D eigenvalue weighted by Crippen LogP contribution is -2.44. The third-order valence-electron chi connectivity index (χ3n) is 6.64. The van der Waals surface area contributed by atoms with Gasteiger partial charge >= 0.3 is 6.09 Å². The first-order valence-corrected chi connectivity index (χ1v) is 10.8. The fourth-order valence-corrected chi connectivity index (χ4v) is 5.36. The van der Waals surface area contributed by atoms with E-state index in [9.17, 15) is 14.4 Å². The van der Waals surface area contributed by atoms with Crippen molar-refractivity contribution in [2.75, 3.05) is 6.54 Å². The zero-order chi connectivity index (χ0) is 22.3. The van der Waals surface area contributed by atoms with Crippen LogP contribution in [-0.4, -0.2) is 37.7 Å². The Bertz CT molecular complexity index is 1230. The van der Waals surface area contributed by atoms with E-state index in [2.05, 4.69) is 27.5 Å². The van der Waals surface area contributed by atoms with E-state index in [1.165, 1.54) is 18.3 Å². The molecule has 7 nitrogen and oxygen atoms in total. The molecule has 1 saturated carbocycles. The van der Waals surface area contributed by atoms with E-state index in [1.807, 2.05) is 18.5 Å². The van der Waals surface area contributed by atoms with Gasteiger partial charge < -0.3 is 9.30 Å². The minimum Gasteiger partial charge on any atom is -0.441 e. The van der Waals surface area contributed by atoms with Gasteiger partial charge in [0.2, 0.25) is 0 Å². The third kappa shape index (κ3) is 3.79. The normalized spacial score (nSPS) is 25.3. The number of nitrogens with zero attached hydrogens (tertiary/aromatic N) is 5. The van der Waals surface area contributed by atoms with E-state index in [4.69, 9.17) is 4.74 Å². The van der Waals surface area contributed by atoms with Crippen molar-refractivity contribution < 1.29 is 13.9 Å². The maximum absolute atomic E-state index is 13.5. The van der Waals surface area contributed by atoms with Crippen LogP contribution in [0.5, 0.6) is 0 Å². The Balaban J connectivity index is 1.35. The predicted octanol–water partition coefficient (Wildman–Crippen LogP) is 4.41. The summed E-state index contributed by atoms with van der Waals surface area (Å²) < 4.78 is 21.6. The van der Waals surface area contributed by atoms with E-state index >= 15 is 0 Å². The molecular weight excluding hydrogens is 409 g/mol. The number of amides is 1. The van der Waals surface area contributed by atoms with Crippen molar-refractivity contribution in [3.63, 3.8) is 0 Å². The number of imidazole rings is 1. The number of nitriles is 1. The van der Waals surface area contributed by atoms with Crippen molar-refractivity contribution in [1.29, 1.82) is 5.26 Å². The summed E-state index contributed by atoms with van der Waals surface area (Å²) in [5.41, 5.74) is 2.27. The van der Waals surface area contributed by atoms with Crippen LogP contribution < -0.4 is 0 Å². The highest BCUT2D eigenvalue weighted by Gasteiger charge is 2.51. The zero-order valence-corrected chi connectivity index (χ0v) is 17.9. The maximum atomic E-state index is 13.5. The topological polar surface area (TPSA) is 84.0 Å². The number of hydrogen-bond acceptors (Lipinski definition) is 5. The van der Waals surface area contributed by atoms with Crippen molar-refractivity contribution in [1.82, 2.24) is 19.4 Å². The molecule has 2 aliphatic rings. The Morgan fingerprint density at radius 3 is 2.94 bits per heavy atom. The number of hydrogen-bond donors (Lipinski definition) is 0. The van der Waals surface area contributed by atoms with Crippen LogP contribution in [0.1, 0.15) is 43.9 Å². The number of benzene rings is 1. The number of ether oxygens (including phenoxy) is 1. The second kappa shape index (κ2) is 7.59. The molecule has 2 aromatic heterocycles. The van der Waals surface area contributed by atoms with Gasteiger partial charge in [-0.05, 0) is 61.4 Å².